The second kappa shape index (κ2) is 15.2. The van der Waals surface area contributed by atoms with Gasteiger partial charge in [-0.1, -0.05) is 34.3 Å². The van der Waals surface area contributed by atoms with Crippen LogP contribution in [0, 0.1) is 29.1 Å². The first-order valence-corrected chi connectivity index (χ1v) is 16.5. The number of hydrogen-bond acceptors (Lipinski definition) is 11. The van der Waals surface area contributed by atoms with Gasteiger partial charge in [-0.05, 0) is 72.5 Å². The lowest BCUT2D eigenvalue weighted by Crippen LogP contribution is -2.60. The highest BCUT2D eigenvalue weighted by Crippen LogP contribution is 2.41. The molecule has 0 aromatic carbocycles. The molecule has 3 heterocycles. The van der Waals surface area contributed by atoms with Crippen LogP contribution in [0.3, 0.4) is 0 Å². The van der Waals surface area contributed by atoms with Gasteiger partial charge in [0.15, 0.2) is 6.29 Å². The molecule has 3 N–H and O–H groups in total. The Morgan fingerprint density at radius 1 is 1.11 bits per heavy atom. The van der Waals surface area contributed by atoms with E-state index in [2.05, 4.69) is 11.5 Å². The van der Waals surface area contributed by atoms with E-state index in [0.29, 0.717) is 24.1 Å². The number of fused-ring (bicyclic) bond motifs is 5. The Labute approximate surface area is 270 Å². The quantitative estimate of drug-likeness (QED) is 0.302. The molecule has 0 aromatic heterocycles. The molecular formula is C34H60N2O9. The first-order chi connectivity index (χ1) is 20.9. The fraction of sp³-hybridized carbons (Fsp3) is 0.882. The zero-order chi connectivity index (χ0) is 34.0. The van der Waals surface area contributed by atoms with Crippen molar-refractivity contribution in [2.45, 2.75) is 135 Å². The lowest BCUT2D eigenvalue weighted by Gasteiger charge is -2.49. The van der Waals surface area contributed by atoms with Crippen LogP contribution < -0.4 is 0 Å². The van der Waals surface area contributed by atoms with Gasteiger partial charge in [0.1, 0.15) is 17.8 Å². The van der Waals surface area contributed by atoms with E-state index in [-0.39, 0.29) is 31.3 Å². The molecule has 0 saturated carbocycles. The highest BCUT2D eigenvalue weighted by Gasteiger charge is 2.52. The van der Waals surface area contributed by atoms with Gasteiger partial charge in [0.2, 0.25) is 0 Å². The van der Waals surface area contributed by atoms with Gasteiger partial charge in [0, 0.05) is 30.7 Å². The number of rotatable bonds is 5. The maximum Gasteiger partial charge on any atom is 0.311 e. The summed E-state index contributed by atoms with van der Waals surface area (Å²) in [5.41, 5.74) is -1.70. The molecule has 0 radical (unpaired) electrons. The number of aliphatic hydroxyl groups excluding tert-OH is 1. The van der Waals surface area contributed by atoms with Crippen LogP contribution in [-0.2, 0) is 33.2 Å². The SMILES string of the molecule is C=C1CO[C@@H]2[C@@H](C)C(=N)[C@H](C)C[C@@](C)(OC1)[C@H](O[C@@H]1O[C@H](C)C[C@H](N(C)C)[C@H]1OC)[C@@H](C)[C@H](O)[C@@H](C)C(=O)O[C@H](CC)[C@@]2(C)O. The molecule has 3 rings (SSSR count). The summed E-state index contributed by atoms with van der Waals surface area (Å²) in [6, 6.07) is 0.0123. The second-order valence-electron chi connectivity index (χ2n) is 14.5. The van der Waals surface area contributed by atoms with Crippen molar-refractivity contribution in [2.24, 2.45) is 23.7 Å². The number of methoxy groups -OCH3 is 1. The molecular weight excluding hydrogens is 580 g/mol. The Bertz CT molecular complexity index is 1040. The summed E-state index contributed by atoms with van der Waals surface area (Å²) in [5, 5.41) is 33.0. The van der Waals surface area contributed by atoms with Crippen molar-refractivity contribution in [1.82, 2.24) is 4.90 Å². The van der Waals surface area contributed by atoms with Crippen molar-refractivity contribution in [3.05, 3.63) is 12.2 Å². The number of nitrogens with one attached hydrogen (secondary N) is 1. The van der Waals surface area contributed by atoms with Crippen molar-refractivity contribution in [1.29, 1.82) is 5.41 Å². The van der Waals surface area contributed by atoms with E-state index in [4.69, 9.17) is 28.4 Å². The normalized spacial score (nSPS) is 46.2. The van der Waals surface area contributed by atoms with Gasteiger partial charge < -0.3 is 48.9 Å². The van der Waals surface area contributed by atoms with Crippen molar-refractivity contribution in [2.75, 3.05) is 34.4 Å². The maximum absolute atomic E-state index is 13.6. The molecule has 2 bridgehead atoms. The van der Waals surface area contributed by atoms with Gasteiger partial charge in [-0.2, -0.15) is 0 Å². The van der Waals surface area contributed by atoms with Crippen LogP contribution in [0.4, 0.5) is 0 Å². The molecule has 260 valence electrons. The van der Waals surface area contributed by atoms with E-state index >= 15 is 0 Å². The largest absolute Gasteiger partial charge is 0.459 e. The fourth-order valence-corrected chi connectivity index (χ4v) is 7.61. The van der Waals surface area contributed by atoms with Gasteiger partial charge in [0.25, 0.3) is 0 Å². The minimum absolute atomic E-state index is 0.0123. The maximum atomic E-state index is 13.6. The minimum atomic E-state index is -1.63. The predicted molar refractivity (Wildman–Crippen MR) is 171 cm³/mol. The van der Waals surface area contributed by atoms with Gasteiger partial charge in [-0.25, -0.2) is 0 Å². The van der Waals surface area contributed by atoms with E-state index in [1.165, 1.54) is 0 Å². The van der Waals surface area contributed by atoms with Crippen LogP contribution in [0.1, 0.15) is 74.7 Å². The Balaban J connectivity index is 2.21. The van der Waals surface area contributed by atoms with Crippen LogP contribution in [0.5, 0.6) is 0 Å². The molecule has 3 aliphatic rings. The number of carbonyl (C=O) groups excluding carboxylic acids is 1. The third-order valence-corrected chi connectivity index (χ3v) is 10.4. The Hall–Kier alpha value is -1.44. The first kappa shape index (κ1) is 38.0. The number of esters is 1. The molecule has 11 heteroatoms. The summed E-state index contributed by atoms with van der Waals surface area (Å²) in [6.07, 6.45) is -3.76. The van der Waals surface area contributed by atoms with E-state index in [1.54, 1.807) is 21.0 Å². The van der Waals surface area contributed by atoms with Gasteiger partial charge in [-0.3, -0.25) is 4.79 Å². The number of carbonyl (C=O) groups is 1. The molecule has 0 spiro atoms. The van der Waals surface area contributed by atoms with Crippen LogP contribution >= 0.6 is 0 Å². The monoisotopic (exact) mass is 640 g/mol. The van der Waals surface area contributed by atoms with Crippen molar-refractivity contribution in [3.8, 4) is 0 Å². The molecule has 0 unspecified atom stereocenters. The summed E-state index contributed by atoms with van der Waals surface area (Å²) in [7, 11) is 5.63. The average molecular weight is 641 g/mol. The smallest absolute Gasteiger partial charge is 0.311 e. The summed E-state index contributed by atoms with van der Waals surface area (Å²) in [5.74, 6) is -3.09. The third kappa shape index (κ3) is 8.17. The number of aliphatic hydroxyl groups is 2. The molecule has 0 aromatic rings. The van der Waals surface area contributed by atoms with Crippen molar-refractivity contribution < 1.29 is 43.4 Å². The molecule has 0 amide bonds. The Morgan fingerprint density at radius 3 is 2.33 bits per heavy atom. The highest BCUT2D eigenvalue weighted by molar-refractivity contribution is 5.86. The third-order valence-electron chi connectivity index (χ3n) is 10.4. The Kier molecular flexibility index (Phi) is 12.8. The number of likely N-dealkylation sites (N-methyl/N-ethyl adjacent to an activating group) is 1. The van der Waals surface area contributed by atoms with Crippen LogP contribution in [0.25, 0.3) is 0 Å². The Morgan fingerprint density at radius 2 is 1.76 bits per heavy atom. The van der Waals surface area contributed by atoms with E-state index in [9.17, 15) is 20.4 Å². The lowest BCUT2D eigenvalue weighted by atomic mass is 9.73. The van der Waals surface area contributed by atoms with E-state index in [1.807, 2.05) is 55.6 Å². The standard InChI is InChI=1S/C34H60N2O9/c1-13-25-34(9,39)30-21(5)26(35)19(3)15-33(8,42-17-18(2)16-41-30)29(22(6)27(37)23(7)31(38)44-25)45-32-28(40-12)24(36(10)11)14-20(4)43-32/h19-25,27-30,32,35,37,39H,2,13-17H2,1,3-12H3/t19-,20-,21+,22+,23-,24+,25-,27+,28-,29-,30-,32+,33-,34-/m1/s1. The van der Waals surface area contributed by atoms with Crippen LogP contribution in [0.2, 0.25) is 0 Å². The summed E-state index contributed by atoms with van der Waals surface area (Å²) in [6.45, 7) is 19.0. The average Bonchev–Trinajstić information content (AvgIpc) is 2.99. The highest BCUT2D eigenvalue weighted by atomic mass is 16.7. The molecule has 3 aliphatic heterocycles. The van der Waals surface area contributed by atoms with Crippen molar-refractivity contribution in [3.63, 3.8) is 0 Å². The summed E-state index contributed by atoms with van der Waals surface area (Å²) < 4.78 is 38.2. The predicted octanol–water partition coefficient (Wildman–Crippen LogP) is 3.58. The summed E-state index contributed by atoms with van der Waals surface area (Å²) in [4.78, 5) is 15.7. The number of nitrogens with zero attached hydrogens (tertiary/aromatic N) is 1. The number of hydrogen-bond donors (Lipinski definition) is 3. The van der Waals surface area contributed by atoms with E-state index in [0.717, 1.165) is 6.42 Å². The first-order valence-electron chi connectivity index (χ1n) is 16.5. The molecule has 14 atom stereocenters. The lowest BCUT2D eigenvalue weighted by molar-refractivity contribution is -0.306. The number of ether oxygens (including phenoxy) is 6. The number of cyclic esters (lactones) is 1. The molecule has 45 heavy (non-hydrogen) atoms. The summed E-state index contributed by atoms with van der Waals surface area (Å²) >= 11 is 0. The van der Waals surface area contributed by atoms with Gasteiger partial charge in [0.05, 0.1) is 49.1 Å². The van der Waals surface area contributed by atoms with Gasteiger partial charge >= 0.3 is 5.97 Å². The second-order valence-corrected chi connectivity index (χ2v) is 14.5. The molecule has 3 saturated heterocycles. The van der Waals surface area contributed by atoms with E-state index < -0.39 is 71.7 Å². The van der Waals surface area contributed by atoms with Crippen LogP contribution in [0.15, 0.2) is 12.2 Å². The van der Waals surface area contributed by atoms with Crippen molar-refractivity contribution >= 4 is 11.7 Å². The fourth-order valence-electron chi connectivity index (χ4n) is 7.61. The molecule has 0 aliphatic carbocycles. The molecule has 3 fully saturated rings. The molecule has 11 nitrogen and oxygen atoms in total. The van der Waals surface area contributed by atoms with Crippen LogP contribution in [-0.4, -0.2) is 121 Å². The zero-order valence-corrected chi connectivity index (χ0v) is 29.4. The topological polar surface area (TPSA) is 140 Å². The zero-order valence-electron chi connectivity index (χ0n) is 29.4. The minimum Gasteiger partial charge on any atom is -0.459 e. The van der Waals surface area contributed by atoms with Gasteiger partial charge in [-0.15, -0.1) is 0 Å².